The molecule has 0 aliphatic heterocycles. The summed E-state index contributed by atoms with van der Waals surface area (Å²) in [5, 5.41) is 13.9. The molecule has 6 heteroatoms. The predicted molar refractivity (Wildman–Crippen MR) is 27.9 cm³/mol. The summed E-state index contributed by atoms with van der Waals surface area (Å²) >= 11 is 0. The molecule has 0 aliphatic rings. The van der Waals surface area contributed by atoms with Crippen LogP contribution in [0.1, 0.15) is 0 Å². The molecular weight excluding hydrogens is 180 g/mol. The van der Waals surface area contributed by atoms with Crippen LogP contribution in [0.2, 0.25) is 0 Å². The zero-order chi connectivity index (χ0) is 3.58. The fraction of sp³-hybridized carbons (Fsp3) is 0. The van der Waals surface area contributed by atoms with Gasteiger partial charge in [-0.25, -0.2) is 4.79 Å². The Kier molecular flexibility index (Phi) is 51.5. The molecule has 0 spiro atoms. The minimum absolute atomic E-state index is 0. The maximum atomic E-state index is 8.56. The van der Waals surface area contributed by atoms with Crippen LogP contribution < -0.4 is 0 Å². The molecule has 0 saturated heterocycles. The van der Waals surface area contributed by atoms with Crippen molar-refractivity contribution in [1.29, 1.82) is 0 Å². The summed E-state index contributed by atoms with van der Waals surface area (Å²) in [5.74, 6) is 0. The van der Waals surface area contributed by atoms with Crippen molar-refractivity contribution < 1.29 is 15.0 Å². The van der Waals surface area contributed by atoms with E-state index in [1.807, 2.05) is 0 Å². The smallest absolute Gasteiger partial charge is 0.450 e. The molecule has 0 aromatic rings. The summed E-state index contributed by atoms with van der Waals surface area (Å²) in [5.41, 5.74) is 0. The monoisotopic (exact) mass is 182 g/mol. The van der Waals surface area contributed by atoms with E-state index in [0.29, 0.717) is 0 Å². The number of carboxylic acid groups (broad SMARTS) is 2. The molecule has 0 bridgehead atoms. The molecule has 0 atom stereocenters. The molecule has 2 N–H and O–H groups in total. The molecular formula is CH2Ca3O3. The van der Waals surface area contributed by atoms with Crippen LogP contribution in [0.25, 0.3) is 0 Å². The molecule has 0 rings (SSSR count). The van der Waals surface area contributed by atoms with Crippen LogP contribution in [-0.2, 0) is 0 Å². The second-order valence-corrected chi connectivity index (χ2v) is 0.283. The Balaban J connectivity index is -0.0000000150. The first-order valence-electron chi connectivity index (χ1n) is 0.651. The third kappa shape index (κ3) is 48.4. The summed E-state index contributed by atoms with van der Waals surface area (Å²) in [4.78, 5) is 8.56. The van der Waals surface area contributed by atoms with Gasteiger partial charge in [0.05, 0.1) is 0 Å². The molecule has 6 radical (unpaired) electrons. The average molecular weight is 182 g/mol. The Bertz CT molecular complexity index is 33.2. The van der Waals surface area contributed by atoms with E-state index in [1.54, 1.807) is 0 Å². The van der Waals surface area contributed by atoms with Crippen LogP contribution in [0.3, 0.4) is 0 Å². The average Bonchev–Trinajstić information content (AvgIpc) is 0.811. The SMILES string of the molecule is O=C(O)O.[Ca].[Ca].[Ca]. The molecule has 0 fully saturated rings. The van der Waals surface area contributed by atoms with Crippen molar-refractivity contribution in [1.82, 2.24) is 0 Å². The van der Waals surface area contributed by atoms with Gasteiger partial charge >= 0.3 is 6.16 Å². The first-order chi connectivity index (χ1) is 1.73. The molecule has 0 saturated carbocycles. The van der Waals surface area contributed by atoms with E-state index in [-0.39, 0.29) is 113 Å². The fourth-order valence-corrected chi connectivity index (χ4v) is 0. The van der Waals surface area contributed by atoms with Gasteiger partial charge in [0.2, 0.25) is 0 Å². The largest absolute Gasteiger partial charge is 0.503 e. The summed E-state index contributed by atoms with van der Waals surface area (Å²) in [7, 11) is 0. The van der Waals surface area contributed by atoms with Crippen LogP contribution in [0.4, 0.5) is 4.79 Å². The summed E-state index contributed by atoms with van der Waals surface area (Å²) < 4.78 is 0. The van der Waals surface area contributed by atoms with Crippen molar-refractivity contribution in [2.45, 2.75) is 0 Å². The maximum Gasteiger partial charge on any atom is 0.503 e. The second kappa shape index (κ2) is 16.0. The van der Waals surface area contributed by atoms with E-state index in [4.69, 9.17) is 15.0 Å². The standard InChI is InChI=1S/CH2O3.3Ca/c2-1(3)4;;;/h(H2,2,3,4);;;. The molecule has 3 nitrogen and oxygen atoms in total. The van der Waals surface area contributed by atoms with E-state index < -0.39 is 6.16 Å². The second-order valence-electron chi connectivity index (χ2n) is 0.283. The number of carbonyl (C=O) groups is 1. The van der Waals surface area contributed by atoms with Gasteiger partial charge in [0.25, 0.3) is 0 Å². The van der Waals surface area contributed by atoms with Gasteiger partial charge in [0.15, 0.2) is 0 Å². The third-order valence-electron chi connectivity index (χ3n) is 0. The van der Waals surface area contributed by atoms with E-state index in [1.165, 1.54) is 0 Å². The molecule has 7 heavy (non-hydrogen) atoms. The van der Waals surface area contributed by atoms with E-state index >= 15 is 0 Å². The van der Waals surface area contributed by atoms with E-state index in [0.717, 1.165) is 0 Å². The van der Waals surface area contributed by atoms with Crippen molar-refractivity contribution >= 4 is 119 Å². The van der Waals surface area contributed by atoms with Crippen molar-refractivity contribution in [2.75, 3.05) is 0 Å². The van der Waals surface area contributed by atoms with E-state index in [2.05, 4.69) is 0 Å². The Labute approximate surface area is 131 Å². The Hall–Kier alpha value is 3.05. The van der Waals surface area contributed by atoms with Crippen LogP contribution in [-0.4, -0.2) is 130 Å². The van der Waals surface area contributed by atoms with Crippen molar-refractivity contribution in [2.24, 2.45) is 0 Å². The van der Waals surface area contributed by atoms with Crippen LogP contribution in [0.15, 0.2) is 0 Å². The van der Waals surface area contributed by atoms with Gasteiger partial charge in [-0.1, -0.05) is 0 Å². The molecule has 0 unspecified atom stereocenters. The van der Waals surface area contributed by atoms with Crippen LogP contribution >= 0.6 is 0 Å². The summed E-state index contributed by atoms with van der Waals surface area (Å²) in [6, 6.07) is 0. The number of hydrogen-bond acceptors (Lipinski definition) is 1. The quantitative estimate of drug-likeness (QED) is 0.476. The Morgan fingerprint density at radius 3 is 1.00 bits per heavy atom. The zero-order valence-corrected chi connectivity index (χ0v) is 10.5. The maximum absolute atomic E-state index is 8.56. The van der Waals surface area contributed by atoms with Gasteiger partial charge in [0, 0.05) is 113 Å². The topological polar surface area (TPSA) is 57.5 Å². The zero-order valence-electron chi connectivity index (χ0n) is 3.92. The minimum atomic E-state index is -1.83. The molecule has 0 amide bonds. The predicted octanol–water partition coefficient (Wildman–Crippen LogP) is -0.920. The first-order valence-corrected chi connectivity index (χ1v) is 0.651. The summed E-state index contributed by atoms with van der Waals surface area (Å²) in [6.45, 7) is 0. The third-order valence-corrected chi connectivity index (χ3v) is 0. The van der Waals surface area contributed by atoms with Crippen molar-refractivity contribution in [3.05, 3.63) is 0 Å². The molecule has 0 heterocycles. The van der Waals surface area contributed by atoms with Gasteiger partial charge in [-0.2, -0.15) is 0 Å². The number of rotatable bonds is 0. The molecule has 30 valence electrons. The van der Waals surface area contributed by atoms with Gasteiger partial charge in [-0.3, -0.25) is 0 Å². The van der Waals surface area contributed by atoms with Crippen molar-refractivity contribution in [3.63, 3.8) is 0 Å². The first kappa shape index (κ1) is 22.5. The van der Waals surface area contributed by atoms with E-state index in [9.17, 15) is 0 Å². The van der Waals surface area contributed by atoms with Gasteiger partial charge < -0.3 is 10.2 Å². The minimum Gasteiger partial charge on any atom is -0.450 e. The molecule has 0 aliphatic carbocycles. The van der Waals surface area contributed by atoms with Crippen molar-refractivity contribution in [3.8, 4) is 0 Å². The van der Waals surface area contributed by atoms with Gasteiger partial charge in [-0.15, -0.1) is 0 Å². The van der Waals surface area contributed by atoms with Crippen LogP contribution in [0, 0.1) is 0 Å². The molecule has 0 aromatic carbocycles. The van der Waals surface area contributed by atoms with Crippen LogP contribution in [0.5, 0.6) is 0 Å². The van der Waals surface area contributed by atoms with Gasteiger partial charge in [0.1, 0.15) is 0 Å². The molecule has 0 aromatic heterocycles. The normalized spacial score (nSPS) is 3.43. The summed E-state index contributed by atoms with van der Waals surface area (Å²) in [6.07, 6.45) is -1.83. The number of hydrogen-bond donors (Lipinski definition) is 2. The van der Waals surface area contributed by atoms with Gasteiger partial charge in [-0.05, 0) is 0 Å². The Morgan fingerprint density at radius 2 is 1.00 bits per heavy atom. The fourth-order valence-electron chi connectivity index (χ4n) is 0. The Morgan fingerprint density at radius 1 is 1.00 bits per heavy atom.